The molecule has 1 rings (SSSR count). The van der Waals surface area contributed by atoms with Crippen LogP contribution in [0.5, 0.6) is 0 Å². The largest absolute Gasteiger partial charge is 0.480 e. The van der Waals surface area contributed by atoms with Gasteiger partial charge in [0.1, 0.15) is 0 Å². The minimum Gasteiger partial charge on any atom is -0.480 e. The molecule has 0 aliphatic carbocycles. The van der Waals surface area contributed by atoms with E-state index in [2.05, 4.69) is 5.73 Å². The summed E-state index contributed by atoms with van der Waals surface area (Å²) >= 11 is 0. The van der Waals surface area contributed by atoms with Crippen molar-refractivity contribution >= 4 is 17.6 Å². The van der Waals surface area contributed by atoms with E-state index in [1.807, 2.05) is 0 Å². The Morgan fingerprint density at radius 1 is 1.29 bits per heavy atom. The van der Waals surface area contributed by atoms with Gasteiger partial charge in [0.15, 0.2) is 0 Å². The third kappa shape index (κ3) is 6.91. The molecule has 0 atom stereocenters. The Balaban J connectivity index is 0.000000437. The van der Waals surface area contributed by atoms with E-state index in [-0.39, 0.29) is 12.5 Å². The van der Waals surface area contributed by atoms with Crippen molar-refractivity contribution in [3.8, 4) is 0 Å². The van der Waals surface area contributed by atoms with Crippen LogP contribution in [-0.2, 0) is 9.53 Å². The van der Waals surface area contributed by atoms with Crippen LogP contribution in [0.4, 0.5) is 5.69 Å². The zero-order valence-corrected chi connectivity index (χ0v) is 9.55. The lowest BCUT2D eigenvalue weighted by Gasteiger charge is -2.00. The maximum atomic E-state index is 11.1. The van der Waals surface area contributed by atoms with Crippen LogP contribution in [0.1, 0.15) is 17.3 Å². The molecule has 17 heavy (non-hydrogen) atoms. The summed E-state index contributed by atoms with van der Waals surface area (Å²) in [6.45, 7) is 1.89. The molecule has 6 heteroatoms. The lowest BCUT2D eigenvalue weighted by Crippen LogP contribution is -2.10. The van der Waals surface area contributed by atoms with E-state index in [9.17, 15) is 9.59 Å². The second kappa shape index (κ2) is 8.12. The van der Waals surface area contributed by atoms with Gasteiger partial charge in [0, 0.05) is 5.69 Å². The number of rotatable bonds is 3. The molecular weight excluding hydrogens is 224 g/mol. The van der Waals surface area contributed by atoms with Crippen molar-refractivity contribution in [1.29, 1.82) is 0 Å². The molecule has 0 unspecified atom stereocenters. The Hall–Kier alpha value is -2.08. The monoisotopic (exact) mass is 240 g/mol. The van der Waals surface area contributed by atoms with Gasteiger partial charge in [0.2, 0.25) is 0 Å². The fraction of sp³-hybridized carbons (Fsp3) is 0.273. The van der Waals surface area contributed by atoms with E-state index in [1.165, 1.54) is 0 Å². The number of hydrogen-bond donors (Lipinski definition) is 3. The Morgan fingerprint density at radius 2 is 1.76 bits per heavy atom. The molecule has 1 aromatic rings. The number of aliphatic carboxylic acids is 1. The predicted octanol–water partition coefficient (Wildman–Crippen LogP) is 0.475. The SMILES string of the molecule is CCOC(=O)c1ccc(N)cc1.NCC(=O)O. The van der Waals surface area contributed by atoms with E-state index in [0.717, 1.165) is 0 Å². The molecule has 6 nitrogen and oxygen atoms in total. The molecule has 0 spiro atoms. The van der Waals surface area contributed by atoms with Gasteiger partial charge in [-0.3, -0.25) is 4.79 Å². The summed E-state index contributed by atoms with van der Waals surface area (Å²) in [5.74, 6) is -1.28. The maximum absolute atomic E-state index is 11.1. The molecule has 0 heterocycles. The molecule has 0 bridgehead atoms. The molecule has 0 amide bonds. The summed E-state index contributed by atoms with van der Waals surface area (Å²) in [6, 6.07) is 6.64. The highest BCUT2D eigenvalue weighted by molar-refractivity contribution is 5.89. The van der Waals surface area contributed by atoms with Gasteiger partial charge in [-0.15, -0.1) is 0 Å². The number of nitrogens with two attached hydrogens (primary N) is 2. The van der Waals surface area contributed by atoms with Crippen LogP contribution in [0.25, 0.3) is 0 Å². The Bertz CT molecular complexity index is 362. The van der Waals surface area contributed by atoms with E-state index in [1.54, 1.807) is 31.2 Å². The highest BCUT2D eigenvalue weighted by Crippen LogP contribution is 2.06. The summed E-state index contributed by atoms with van der Waals surface area (Å²) in [7, 11) is 0. The number of carbonyl (C=O) groups excluding carboxylic acids is 1. The van der Waals surface area contributed by atoms with Gasteiger partial charge in [0.25, 0.3) is 0 Å². The number of carboxylic acids is 1. The van der Waals surface area contributed by atoms with Crippen molar-refractivity contribution in [2.24, 2.45) is 5.73 Å². The number of benzene rings is 1. The fourth-order valence-electron chi connectivity index (χ4n) is 0.834. The quantitative estimate of drug-likeness (QED) is 0.522. The van der Waals surface area contributed by atoms with E-state index in [0.29, 0.717) is 17.9 Å². The van der Waals surface area contributed by atoms with E-state index in [4.69, 9.17) is 15.6 Å². The predicted molar refractivity (Wildman–Crippen MR) is 63.5 cm³/mol. The summed E-state index contributed by atoms with van der Waals surface area (Å²) in [6.07, 6.45) is 0. The molecule has 94 valence electrons. The molecule has 0 fully saturated rings. The lowest BCUT2D eigenvalue weighted by molar-refractivity contribution is -0.135. The van der Waals surface area contributed by atoms with Crippen LogP contribution in [0.2, 0.25) is 0 Å². The van der Waals surface area contributed by atoms with Crippen LogP contribution >= 0.6 is 0 Å². The van der Waals surface area contributed by atoms with Crippen LogP contribution in [0.15, 0.2) is 24.3 Å². The molecule has 0 saturated heterocycles. The van der Waals surface area contributed by atoms with Gasteiger partial charge in [-0.2, -0.15) is 0 Å². The third-order valence-electron chi connectivity index (χ3n) is 1.60. The molecule has 5 N–H and O–H groups in total. The highest BCUT2D eigenvalue weighted by atomic mass is 16.5. The molecule has 0 aliphatic rings. The van der Waals surface area contributed by atoms with Crippen molar-refractivity contribution in [3.05, 3.63) is 29.8 Å². The zero-order chi connectivity index (χ0) is 13.3. The molecule has 0 aliphatic heterocycles. The third-order valence-corrected chi connectivity index (χ3v) is 1.60. The Kier molecular flexibility index (Phi) is 7.12. The number of carboxylic acid groups (broad SMARTS) is 1. The van der Waals surface area contributed by atoms with Crippen LogP contribution in [0.3, 0.4) is 0 Å². The second-order valence-corrected chi connectivity index (χ2v) is 2.94. The Morgan fingerprint density at radius 3 is 2.12 bits per heavy atom. The van der Waals surface area contributed by atoms with Gasteiger partial charge < -0.3 is 21.3 Å². The first-order chi connectivity index (χ1) is 8.01. The number of hydrogen-bond acceptors (Lipinski definition) is 5. The number of carbonyl (C=O) groups is 2. The summed E-state index contributed by atoms with van der Waals surface area (Å²) in [5, 5.41) is 7.60. The van der Waals surface area contributed by atoms with Gasteiger partial charge >= 0.3 is 11.9 Å². The van der Waals surface area contributed by atoms with Crippen molar-refractivity contribution in [2.75, 3.05) is 18.9 Å². The smallest absolute Gasteiger partial charge is 0.338 e. The molecule has 0 radical (unpaired) electrons. The topological polar surface area (TPSA) is 116 Å². The van der Waals surface area contributed by atoms with Crippen LogP contribution < -0.4 is 11.5 Å². The van der Waals surface area contributed by atoms with Crippen LogP contribution in [-0.4, -0.2) is 30.2 Å². The molecule has 0 aromatic heterocycles. The first kappa shape index (κ1) is 14.9. The minimum absolute atomic E-state index is 0.278. The van der Waals surface area contributed by atoms with E-state index < -0.39 is 5.97 Å². The van der Waals surface area contributed by atoms with E-state index >= 15 is 0 Å². The molecular formula is C11H16N2O4. The number of esters is 1. The first-order valence-electron chi connectivity index (χ1n) is 4.95. The van der Waals surface area contributed by atoms with Gasteiger partial charge in [0.05, 0.1) is 18.7 Å². The number of anilines is 1. The highest BCUT2D eigenvalue weighted by Gasteiger charge is 2.03. The number of nitrogen functional groups attached to an aromatic ring is 1. The van der Waals surface area contributed by atoms with Crippen molar-refractivity contribution in [1.82, 2.24) is 0 Å². The average Bonchev–Trinajstić information content (AvgIpc) is 2.31. The number of ether oxygens (including phenoxy) is 1. The fourth-order valence-corrected chi connectivity index (χ4v) is 0.834. The van der Waals surface area contributed by atoms with Gasteiger partial charge in [-0.25, -0.2) is 4.79 Å². The maximum Gasteiger partial charge on any atom is 0.338 e. The average molecular weight is 240 g/mol. The lowest BCUT2D eigenvalue weighted by atomic mass is 10.2. The van der Waals surface area contributed by atoms with Crippen molar-refractivity contribution in [3.63, 3.8) is 0 Å². The van der Waals surface area contributed by atoms with Crippen molar-refractivity contribution < 1.29 is 19.4 Å². The van der Waals surface area contributed by atoms with Gasteiger partial charge in [-0.05, 0) is 31.2 Å². The molecule has 0 saturated carbocycles. The first-order valence-corrected chi connectivity index (χ1v) is 4.95. The standard InChI is InChI=1S/C9H11NO2.C2H5NO2/c1-2-12-9(11)7-3-5-8(10)6-4-7;3-1-2(4)5/h3-6H,2,10H2,1H3;1,3H2,(H,4,5). The van der Waals surface area contributed by atoms with Crippen molar-refractivity contribution in [2.45, 2.75) is 6.92 Å². The Labute approximate surface area is 99.2 Å². The summed E-state index contributed by atoms with van der Waals surface area (Å²) in [5.41, 5.74) is 11.2. The normalized spacial score (nSPS) is 8.82. The molecule has 1 aromatic carbocycles. The summed E-state index contributed by atoms with van der Waals surface area (Å²) < 4.78 is 4.79. The minimum atomic E-state index is -0.968. The van der Waals surface area contributed by atoms with Gasteiger partial charge in [-0.1, -0.05) is 0 Å². The van der Waals surface area contributed by atoms with Crippen LogP contribution in [0, 0.1) is 0 Å². The zero-order valence-electron chi connectivity index (χ0n) is 9.55. The second-order valence-electron chi connectivity index (χ2n) is 2.94. The summed E-state index contributed by atoms with van der Waals surface area (Å²) in [4.78, 5) is 20.3.